The molecular formula is C17H24N2O. The first-order valence-corrected chi connectivity index (χ1v) is 7.83. The molecule has 0 saturated heterocycles. The van der Waals surface area contributed by atoms with E-state index in [2.05, 4.69) is 17.4 Å². The number of amides is 1. The minimum absolute atomic E-state index is 0.0805. The number of rotatable bonds is 4. The Labute approximate surface area is 120 Å². The normalized spacial score (nSPS) is 21.4. The molecule has 3 N–H and O–H groups in total. The number of nitrogens with two attached hydrogens (primary N) is 1. The van der Waals surface area contributed by atoms with Crippen LogP contribution in [0.5, 0.6) is 0 Å². The van der Waals surface area contributed by atoms with Crippen molar-refractivity contribution in [3.63, 3.8) is 0 Å². The molecule has 0 aliphatic heterocycles. The molecule has 0 heterocycles. The summed E-state index contributed by atoms with van der Waals surface area (Å²) >= 11 is 0. The van der Waals surface area contributed by atoms with Crippen molar-refractivity contribution >= 4 is 5.91 Å². The zero-order valence-electron chi connectivity index (χ0n) is 12.0. The smallest absolute Gasteiger partial charge is 0.224 e. The Morgan fingerprint density at radius 2 is 1.80 bits per heavy atom. The Morgan fingerprint density at radius 3 is 2.40 bits per heavy atom. The van der Waals surface area contributed by atoms with Crippen LogP contribution in [0.3, 0.4) is 0 Å². The molecule has 2 aliphatic carbocycles. The molecular weight excluding hydrogens is 248 g/mol. The van der Waals surface area contributed by atoms with Crippen LogP contribution in [0, 0.1) is 0 Å². The molecule has 0 radical (unpaired) electrons. The lowest BCUT2D eigenvalue weighted by atomic mass is 9.95. The molecule has 3 rings (SSSR count). The van der Waals surface area contributed by atoms with Gasteiger partial charge in [-0.25, -0.2) is 0 Å². The largest absolute Gasteiger partial charge is 0.353 e. The topological polar surface area (TPSA) is 55.1 Å². The third-order valence-electron chi connectivity index (χ3n) is 4.65. The maximum atomic E-state index is 12.0. The molecule has 0 bridgehead atoms. The lowest BCUT2D eigenvalue weighted by Gasteiger charge is -2.22. The number of carbonyl (C=O) groups excluding carboxylic acids is 1. The average Bonchev–Trinajstić information content (AvgIpc) is 3.20. The molecule has 20 heavy (non-hydrogen) atoms. The van der Waals surface area contributed by atoms with Gasteiger partial charge in [-0.1, -0.05) is 43.5 Å². The number of nitrogens with one attached hydrogen (secondary N) is 1. The Bertz CT molecular complexity index is 470. The van der Waals surface area contributed by atoms with Crippen LogP contribution in [0.15, 0.2) is 24.3 Å². The monoisotopic (exact) mass is 272 g/mol. The van der Waals surface area contributed by atoms with Crippen LogP contribution in [0.1, 0.15) is 56.1 Å². The predicted molar refractivity (Wildman–Crippen MR) is 80.3 cm³/mol. The van der Waals surface area contributed by atoms with Gasteiger partial charge in [-0.15, -0.1) is 0 Å². The van der Waals surface area contributed by atoms with Gasteiger partial charge in [0.05, 0.1) is 6.42 Å². The quantitative estimate of drug-likeness (QED) is 0.885. The molecule has 2 saturated carbocycles. The van der Waals surface area contributed by atoms with Gasteiger partial charge in [0, 0.05) is 11.6 Å². The van der Waals surface area contributed by atoms with Crippen molar-refractivity contribution in [2.24, 2.45) is 5.73 Å². The summed E-state index contributed by atoms with van der Waals surface area (Å²) in [6, 6.07) is 8.65. The van der Waals surface area contributed by atoms with E-state index in [1.54, 1.807) is 0 Å². The fourth-order valence-electron chi connectivity index (χ4n) is 3.09. The molecule has 0 spiro atoms. The van der Waals surface area contributed by atoms with Crippen molar-refractivity contribution in [2.45, 2.75) is 62.9 Å². The first-order valence-electron chi connectivity index (χ1n) is 7.83. The average molecular weight is 272 g/mol. The second-order valence-electron chi connectivity index (χ2n) is 6.43. The standard InChI is InChI=1S/C17H24N2O/c18-17(10-11-17)14-8-6-13(7-9-14)12-16(20)19-15-4-2-1-3-5-15/h6-9,15H,1-5,10-12,18H2,(H,19,20). The molecule has 2 aliphatic rings. The Balaban J connectivity index is 1.53. The first-order chi connectivity index (χ1) is 9.66. The van der Waals surface area contributed by atoms with Gasteiger partial charge in [-0.3, -0.25) is 4.79 Å². The molecule has 108 valence electrons. The summed E-state index contributed by atoms with van der Waals surface area (Å²) in [6.07, 6.45) is 8.73. The molecule has 0 atom stereocenters. The number of hydrogen-bond donors (Lipinski definition) is 2. The molecule has 1 aromatic rings. The van der Waals surface area contributed by atoms with Gasteiger partial charge in [-0.2, -0.15) is 0 Å². The Morgan fingerprint density at radius 1 is 1.15 bits per heavy atom. The van der Waals surface area contributed by atoms with Gasteiger partial charge in [0.2, 0.25) is 5.91 Å². The highest BCUT2D eigenvalue weighted by Gasteiger charge is 2.39. The van der Waals surface area contributed by atoms with Crippen LogP contribution in [0.4, 0.5) is 0 Å². The van der Waals surface area contributed by atoms with Gasteiger partial charge >= 0.3 is 0 Å². The van der Waals surface area contributed by atoms with Gasteiger partial charge in [0.1, 0.15) is 0 Å². The van der Waals surface area contributed by atoms with E-state index in [1.165, 1.54) is 24.8 Å². The van der Waals surface area contributed by atoms with E-state index in [1.807, 2.05) is 12.1 Å². The maximum Gasteiger partial charge on any atom is 0.224 e. The van der Waals surface area contributed by atoms with Crippen LogP contribution in [-0.4, -0.2) is 11.9 Å². The van der Waals surface area contributed by atoms with Gasteiger partial charge in [0.25, 0.3) is 0 Å². The fraction of sp³-hybridized carbons (Fsp3) is 0.588. The second kappa shape index (κ2) is 5.57. The molecule has 1 aromatic carbocycles. The van der Waals surface area contributed by atoms with Crippen molar-refractivity contribution in [3.8, 4) is 0 Å². The highest BCUT2D eigenvalue weighted by molar-refractivity contribution is 5.78. The molecule has 3 nitrogen and oxygen atoms in total. The van der Waals surface area contributed by atoms with Crippen LogP contribution in [0.2, 0.25) is 0 Å². The molecule has 0 unspecified atom stereocenters. The number of benzene rings is 1. The van der Waals surface area contributed by atoms with Crippen LogP contribution >= 0.6 is 0 Å². The summed E-state index contributed by atoms with van der Waals surface area (Å²) in [4.78, 5) is 12.0. The van der Waals surface area contributed by atoms with Crippen LogP contribution in [0.25, 0.3) is 0 Å². The van der Waals surface area contributed by atoms with Gasteiger partial charge in [0.15, 0.2) is 0 Å². The summed E-state index contributed by atoms with van der Waals surface area (Å²) in [5.41, 5.74) is 8.36. The van der Waals surface area contributed by atoms with Gasteiger partial charge in [-0.05, 0) is 36.8 Å². The number of carbonyl (C=O) groups is 1. The van der Waals surface area contributed by atoms with E-state index in [-0.39, 0.29) is 11.4 Å². The van der Waals surface area contributed by atoms with E-state index in [9.17, 15) is 4.79 Å². The van der Waals surface area contributed by atoms with E-state index in [0.717, 1.165) is 31.2 Å². The zero-order valence-corrected chi connectivity index (χ0v) is 12.0. The van der Waals surface area contributed by atoms with Crippen LogP contribution in [-0.2, 0) is 16.8 Å². The zero-order chi connectivity index (χ0) is 14.0. The van der Waals surface area contributed by atoms with Crippen molar-refractivity contribution < 1.29 is 4.79 Å². The van der Waals surface area contributed by atoms with E-state index >= 15 is 0 Å². The van der Waals surface area contributed by atoms with E-state index in [0.29, 0.717) is 12.5 Å². The lowest BCUT2D eigenvalue weighted by molar-refractivity contribution is -0.121. The van der Waals surface area contributed by atoms with Crippen molar-refractivity contribution in [3.05, 3.63) is 35.4 Å². The van der Waals surface area contributed by atoms with E-state index in [4.69, 9.17) is 5.73 Å². The maximum absolute atomic E-state index is 12.0. The minimum atomic E-state index is -0.0805. The third-order valence-corrected chi connectivity index (χ3v) is 4.65. The fourth-order valence-corrected chi connectivity index (χ4v) is 3.09. The molecule has 3 heteroatoms. The highest BCUT2D eigenvalue weighted by atomic mass is 16.1. The van der Waals surface area contributed by atoms with Gasteiger partial charge < -0.3 is 11.1 Å². The second-order valence-corrected chi connectivity index (χ2v) is 6.43. The molecule has 0 aromatic heterocycles. The number of hydrogen-bond acceptors (Lipinski definition) is 2. The molecule has 2 fully saturated rings. The SMILES string of the molecule is NC1(c2ccc(CC(=O)NC3CCCCC3)cc2)CC1. The molecule has 1 amide bonds. The van der Waals surface area contributed by atoms with Crippen molar-refractivity contribution in [1.29, 1.82) is 0 Å². The summed E-state index contributed by atoms with van der Waals surface area (Å²) in [6.45, 7) is 0. The summed E-state index contributed by atoms with van der Waals surface area (Å²) < 4.78 is 0. The minimum Gasteiger partial charge on any atom is -0.353 e. The summed E-state index contributed by atoms with van der Waals surface area (Å²) in [7, 11) is 0. The van der Waals surface area contributed by atoms with Crippen LogP contribution < -0.4 is 11.1 Å². The van der Waals surface area contributed by atoms with E-state index < -0.39 is 0 Å². The highest BCUT2D eigenvalue weighted by Crippen LogP contribution is 2.42. The summed E-state index contributed by atoms with van der Waals surface area (Å²) in [5.74, 6) is 0.151. The third kappa shape index (κ3) is 3.21. The summed E-state index contributed by atoms with van der Waals surface area (Å²) in [5, 5.41) is 3.16. The van der Waals surface area contributed by atoms with Crippen molar-refractivity contribution in [1.82, 2.24) is 5.32 Å². The first kappa shape index (κ1) is 13.6. The lowest BCUT2D eigenvalue weighted by Crippen LogP contribution is -2.37. The Hall–Kier alpha value is -1.35. The van der Waals surface area contributed by atoms with Crippen molar-refractivity contribution in [2.75, 3.05) is 0 Å². The Kier molecular flexibility index (Phi) is 3.79. The predicted octanol–water partition coefficient (Wildman–Crippen LogP) is 2.63.